The van der Waals surface area contributed by atoms with Crippen molar-refractivity contribution in [3.05, 3.63) is 23.9 Å². The summed E-state index contributed by atoms with van der Waals surface area (Å²) in [7, 11) is 1.53. The van der Waals surface area contributed by atoms with Crippen LogP contribution in [0.1, 0.15) is 33.3 Å². The molecule has 1 aromatic heterocycles. The van der Waals surface area contributed by atoms with Crippen molar-refractivity contribution >= 4 is 17.8 Å². The quantitative estimate of drug-likeness (QED) is 0.929. The number of pyridine rings is 1. The molecule has 1 aromatic rings. The molecule has 0 spiro atoms. The van der Waals surface area contributed by atoms with Crippen molar-refractivity contribution in [2.45, 2.75) is 46.3 Å². The number of nitrogens with zero attached hydrogens (tertiary/aromatic N) is 2. The minimum Gasteiger partial charge on any atom is -0.444 e. The zero-order valence-corrected chi connectivity index (χ0v) is 13.4. The molecule has 21 heavy (non-hydrogen) atoms. The molecule has 0 unspecified atom stereocenters. The van der Waals surface area contributed by atoms with Crippen LogP contribution in [0.2, 0.25) is 0 Å². The third-order valence-electron chi connectivity index (χ3n) is 2.80. The van der Waals surface area contributed by atoms with Gasteiger partial charge in [-0.05, 0) is 46.2 Å². The lowest BCUT2D eigenvalue weighted by atomic mass is 10.2. The molecule has 6 nitrogen and oxygen atoms in total. The molecule has 0 fully saturated rings. The Kier molecular flexibility index (Phi) is 5.29. The van der Waals surface area contributed by atoms with Gasteiger partial charge in [0.25, 0.3) is 0 Å². The SMILES string of the molecule is Cc1ccc(NC(=O)[C@H](C)N(C)C(=O)OC(C)(C)C)nc1. The van der Waals surface area contributed by atoms with E-state index < -0.39 is 17.7 Å². The number of likely N-dealkylation sites (N-methyl/N-ethyl adjacent to an activating group) is 1. The van der Waals surface area contributed by atoms with Crippen LogP contribution in [0.5, 0.6) is 0 Å². The molecule has 1 rings (SSSR count). The van der Waals surface area contributed by atoms with E-state index in [2.05, 4.69) is 10.3 Å². The number of anilines is 1. The first-order valence-corrected chi connectivity index (χ1v) is 6.79. The normalized spacial score (nSPS) is 12.5. The number of rotatable bonds is 3. The van der Waals surface area contributed by atoms with Crippen LogP contribution in [-0.2, 0) is 9.53 Å². The number of hydrogen-bond donors (Lipinski definition) is 1. The number of aryl methyl sites for hydroxylation is 1. The summed E-state index contributed by atoms with van der Waals surface area (Å²) in [6, 6.07) is 2.90. The summed E-state index contributed by atoms with van der Waals surface area (Å²) in [6.45, 7) is 8.88. The summed E-state index contributed by atoms with van der Waals surface area (Å²) in [5, 5.41) is 2.67. The molecule has 2 amide bonds. The largest absolute Gasteiger partial charge is 0.444 e. The molecule has 0 saturated heterocycles. The fourth-order valence-corrected chi connectivity index (χ4v) is 1.44. The Bertz CT molecular complexity index is 506. The molecule has 0 aliphatic rings. The van der Waals surface area contributed by atoms with Gasteiger partial charge in [0.2, 0.25) is 5.91 Å². The van der Waals surface area contributed by atoms with Crippen molar-refractivity contribution in [3.63, 3.8) is 0 Å². The number of nitrogens with one attached hydrogen (secondary N) is 1. The number of hydrogen-bond acceptors (Lipinski definition) is 4. The molecule has 6 heteroatoms. The predicted octanol–water partition coefficient (Wildman–Crippen LogP) is 2.58. The second-order valence-corrected chi connectivity index (χ2v) is 5.98. The van der Waals surface area contributed by atoms with Crippen LogP contribution >= 0.6 is 0 Å². The summed E-state index contributed by atoms with van der Waals surface area (Å²) in [6.07, 6.45) is 1.12. The maximum absolute atomic E-state index is 12.1. The lowest BCUT2D eigenvalue weighted by molar-refractivity contribution is -0.120. The Balaban J connectivity index is 2.65. The van der Waals surface area contributed by atoms with Crippen LogP contribution in [0.25, 0.3) is 0 Å². The van der Waals surface area contributed by atoms with Crippen LogP contribution in [0, 0.1) is 6.92 Å². The van der Waals surface area contributed by atoms with E-state index in [1.807, 2.05) is 13.0 Å². The number of ether oxygens (including phenoxy) is 1. The highest BCUT2D eigenvalue weighted by Gasteiger charge is 2.27. The van der Waals surface area contributed by atoms with E-state index >= 15 is 0 Å². The maximum Gasteiger partial charge on any atom is 0.410 e. The molecule has 116 valence electrons. The molecule has 0 saturated carbocycles. The van der Waals surface area contributed by atoms with Crippen molar-refractivity contribution in [3.8, 4) is 0 Å². The van der Waals surface area contributed by atoms with E-state index in [0.717, 1.165) is 5.56 Å². The van der Waals surface area contributed by atoms with Gasteiger partial charge in [-0.3, -0.25) is 9.69 Å². The topological polar surface area (TPSA) is 71.5 Å². The minimum atomic E-state index is -0.664. The van der Waals surface area contributed by atoms with Gasteiger partial charge in [-0.25, -0.2) is 9.78 Å². The molecule has 1 N–H and O–H groups in total. The Morgan fingerprint density at radius 3 is 2.43 bits per heavy atom. The minimum absolute atomic E-state index is 0.320. The first-order valence-electron chi connectivity index (χ1n) is 6.79. The van der Waals surface area contributed by atoms with Crippen LogP contribution in [-0.4, -0.2) is 40.6 Å². The average Bonchev–Trinajstić information content (AvgIpc) is 2.37. The van der Waals surface area contributed by atoms with E-state index in [0.29, 0.717) is 5.82 Å². The summed E-state index contributed by atoms with van der Waals surface area (Å²) >= 11 is 0. The van der Waals surface area contributed by atoms with Crippen LogP contribution in [0.3, 0.4) is 0 Å². The lowest BCUT2D eigenvalue weighted by Crippen LogP contribution is -2.45. The van der Waals surface area contributed by atoms with E-state index in [9.17, 15) is 9.59 Å². The molecule has 0 aliphatic carbocycles. The number of carbonyl (C=O) groups is 2. The van der Waals surface area contributed by atoms with Gasteiger partial charge in [-0.15, -0.1) is 0 Å². The smallest absolute Gasteiger partial charge is 0.410 e. The fraction of sp³-hybridized carbons (Fsp3) is 0.533. The molecule has 1 heterocycles. The zero-order valence-electron chi connectivity index (χ0n) is 13.4. The van der Waals surface area contributed by atoms with E-state index in [1.54, 1.807) is 40.0 Å². The molecular weight excluding hydrogens is 270 g/mol. The number of carbonyl (C=O) groups excluding carboxylic acids is 2. The van der Waals surface area contributed by atoms with Gasteiger partial charge in [0.15, 0.2) is 0 Å². The third kappa shape index (κ3) is 5.41. The summed E-state index contributed by atoms with van der Waals surface area (Å²) in [5.41, 5.74) is 0.409. The second kappa shape index (κ2) is 6.56. The molecule has 0 aliphatic heterocycles. The van der Waals surface area contributed by atoms with Crippen LogP contribution in [0.4, 0.5) is 10.6 Å². The second-order valence-electron chi connectivity index (χ2n) is 5.98. The van der Waals surface area contributed by atoms with Gasteiger partial charge in [-0.2, -0.15) is 0 Å². The van der Waals surface area contributed by atoms with Gasteiger partial charge in [-0.1, -0.05) is 6.07 Å². The number of aromatic nitrogens is 1. The monoisotopic (exact) mass is 293 g/mol. The van der Waals surface area contributed by atoms with Gasteiger partial charge in [0.1, 0.15) is 17.5 Å². The average molecular weight is 293 g/mol. The third-order valence-corrected chi connectivity index (χ3v) is 2.80. The fourth-order valence-electron chi connectivity index (χ4n) is 1.44. The Labute approximate surface area is 125 Å². The molecule has 0 radical (unpaired) electrons. The molecule has 0 aromatic carbocycles. The molecule has 1 atom stereocenters. The van der Waals surface area contributed by atoms with Crippen molar-refractivity contribution in [1.82, 2.24) is 9.88 Å². The van der Waals surface area contributed by atoms with E-state index in [1.165, 1.54) is 11.9 Å². The van der Waals surface area contributed by atoms with Crippen molar-refractivity contribution in [1.29, 1.82) is 0 Å². The van der Waals surface area contributed by atoms with Gasteiger partial charge in [0, 0.05) is 13.2 Å². The zero-order chi connectivity index (χ0) is 16.2. The van der Waals surface area contributed by atoms with Crippen LogP contribution < -0.4 is 5.32 Å². The van der Waals surface area contributed by atoms with Crippen molar-refractivity contribution < 1.29 is 14.3 Å². The molecular formula is C15H23N3O3. The Morgan fingerprint density at radius 2 is 1.95 bits per heavy atom. The Hall–Kier alpha value is -2.11. The summed E-state index contributed by atoms with van der Waals surface area (Å²) in [5.74, 6) is 0.134. The van der Waals surface area contributed by atoms with Gasteiger partial charge < -0.3 is 10.1 Å². The van der Waals surface area contributed by atoms with Crippen molar-refractivity contribution in [2.75, 3.05) is 12.4 Å². The lowest BCUT2D eigenvalue weighted by Gasteiger charge is -2.28. The standard InChI is InChI=1S/C15H23N3O3/c1-10-7-8-12(16-9-10)17-13(19)11(2)18(6)14(20)21-15(3,4)5/h7-9,11H,1-6H3,(H,16,17,19)/t11-/m0/s1. The highest BCUT2D eigenvalue weighted by Crippen LogP contribution is 2.12. The first kappa shape index (κ1) is 16.9. The predicted molar refractivity (Wildman–Crippen MR) is 81.1 cm³/mol. The van der Waals surface area contributed by atoms with Gasteiger partial charge >= 0.3 is 6.09 Å². The summed E-state index contributed by atoms with van der Waals surface area (Å²) < 4.78 is 5.23. The first-order chi connectivity index (χ1) is 9.60. The number of amides is 2. The van der Waals surface area contributed by atoms with Crippen LogP contribution in [0.15, 0.2) is 18.3 Å². The van der Waals surface area contributed by atoms with Gasteiger partial charge in [0.05, 0.1) is 0 Å². The highest BCUT2D eigenvalue weighted by molar-refractivity contribution is 5.95. The van der Waals surface area contributed by atoms with E-state index in [4.69, 9.17) is 4.74 Å². The summed E-state index contributed by atoms with van der Waals surface area (Å²) in [4.78, 5) is 29.4. The highest BCUT2D eigenvalue weighted by atomic mass is 16.6. The van der Waals surface area contributed by atoms with E-state index in [-0.39, 0.29) is 5.91 Å². The molecule has 0 bridgehead atoms. The maximum atomic E-state index is 12.1. The Morgan fingerprint density at radius 1 is 1.33 bits per heavy atom. The van der Waals surface area contributed by atoms with Crippen molar-refractivity contribution in [2.24, 2.45) is 0 Å².